The number of esters is 1. The van der Waals surface area contributed by atoms with E-state index in [0.717, 1.165) is 18.4 Å². The number of ether oxygens (including phenoxy) is 2. The van der Waals surface area contributed by atoms with Crippen molar-refractivity contribution in [2.75, 3.05) is 6.61 Å². The predicted molar refractivity (Wildman–Crippen MR) is 103 cm³/mol. The lowest BCUT2D eigenvalue weighted by molar-refractivity contribution is -0.136. The van der Waals surface area contributed by atoms with Gasteiger partial charge in [0.1, 0.15) is 11.3 Å². The van der Waals surface area contributed by atoms with Crippen LogP contribution >= 0.6 is 0 Å². The molecule has 3 aromatic rings. The zero-order chi connectivity index (χ0) is 19.2. The topological polar surface area (TPSA) is 65.7 Å². The number of para-hydroxylation sites is 2. The van der Waals surface area contributed by atoms with Gasteiger partial charge in [0, 0.05) is 0 Å². The fourth-order valence-electron chi connectivity index (χ4n) is 2.84. The molecule has 140 valence electrons. The molecule has 1 heterocycles. The van der Waals surface area contributed by atoms with Crippen molar-refractivity contribution < 1.29 is 18.7 Å². The quantitative estimate of drug-likeness (QED) is 0.457. The van der Waals surface area contributed by atoms with E-state index in [1.807, 2.05) is 38.1 Å². The molecule has 3 rings (SSSR count). The summed E-state index contributed by atoms with van der Waals surface area (Å²) in [5.41, 5.74) is 1.25. The number of fused-ring (bicyclic) bond motifs is 1. The summed E-state index contributed by atoms with van der Waals surface area (Å²) in [7, 11) is 0. The van der Waals surface area contributed by atoms with Crippen LogP contribution in [0.2, 0.25) is 0 Å². The third-order valence-electron chi connectivity index (χ3n) is 4.29. The van der Waals surface area contributed by atoms with Gasteiger partial charge in [-0.1, -0.05) is 43.7 Å². The van der Waals surface area contributed by atoms with E-state index >= 15 is 0 Å². The first-order valence-corrected chi connectivity index (χ1v) is 9.04. The van der Waals surface area contributed by atoms with E-state index < -0.39 is 11.6 Å². The fourth-order valence-corrected chi connectivity index (χ4v) is 2.84. The van der Waals surface area contributed by atoms with Crippen molar-refractivity contribution in [1.82, 2.24) is 0 Å². The molecule has 2 aromatic carbocycles. The van der Waals surface area contributed by atoms with Crippen LogP contribution in [0.5, 0.6) is 11.5 Å². The molecule has 5 nitrogen and oxygen atoms in total. The Bertz CT molecular complexity index is 1000. The Balaban J connectivity index is 1.87. The molecule has 0 unspecified atom stereocenters. The van der Waals surface area contributed by atoms with Gasteiger partial charge in [-0.3, -0.25) is 0 Å². The van der Waals surface area contributed by atoms with E-state index in [2.05, 4.69) is 0 Å². The Kier molecular flexibility index (Phi) is 5.91. The van der Waals surface area contributed by atoms with Crippen molar-refractivity contribution >= 4 is 16.9 Å². The normalized spacial score (nSPS) is 10.7. The van der Waals surface area contributed by atoms with Crippen molar-refractivity contribution in [3.63, 3.8) is 0 Å². The van der Waals surface area contributed by atoms with E-state index in [-0.39, 0.29) is 12.4 Å². The average Bonchev–Trinajstić information content (AvgIpc) is 2.67. The monoisotopic (exact) mass is 366 g/mol. The van der Waals surface area contributed by atoms with Gasteiger partial charge in [-0.05, 0) is 43.5 Å². The lowest BCUT2D eigenvalue weighted by Gasteiger charge is -2.12. The maximum atomic E-state index is 12.4. The second-order valence-corrected chi connectivity index (χ2v) is 6.33. The lowest BCUT2D eigenvalue weighted by atomic mass is 10.1. The van der Waals surface area contributed by atoms with E-state index in [1.54, 1.807) is 24.3 Å². The third-order valence-corrected chi connectivity index (χ3v) is 4.29. The maximum Gasteiger partial charge on any atom is 0.349 e. The van der Waals surface area contributed by atoms with Crippen LogP contribution in [0, 0.1) is 6.92 Å². The molecule has 0 saturated heterocycles. The molecular weight excluding hydrogens is 344 g/mol. The van der Waals surface area contributed by atoms with Gasteiger partial charge in [-0.2, -0.15) is 0 Å². The molecule has 0 aliphatic rings. The molecule has 0 aliphatic carbocycles. The summed E-state index contributed by atoms with van der Waals surface area (Å²) in [6, 6.07) is 14.5. The number of unbranched alkanes of at least 4 members (excludes halogenated alkanes) is 1. The number of hydrogen-bond acceptors (Lipinski definition) is 5. The standard InChI is InChI=1S/C22H22O5/c1-3-4-10-17-21(16-11-6-8-13-19(16)26-22(17)24)27-20(23)14-25-18-12-7-5-9-15(18)2/h5-9,11-13H,3-4,10,14H2,1-2H3. The molecule has 27 heavy (non-hydrogen) atoms. The van der Waals surface area contributed by atoms with E-state index in [0.29, 0.717) is 28.7 Å². The van der Waals surface area contributed by atoms with E-state index in [4.69, 9.17) is 13.9 Å². The van der Waals surface area contributed by atoms with Crippen LogP contribution < -0.4 is 15.1 Å². The highest BCUT2D eigenvalue weighted by Crippen LogP contribution is 2.29. The summed E-state index contributed by atoms with van der Waals surface area (Å²) < 4.78 is 16.5. The second kappa shape index (κ2) is 8.54. The number of carbonyl (C=O) groups is 1. The van der Waals surface area contributed by atoms with E-state index in [1.165, 1.54) is 0 Å². The Morgan fingerprint density at radius 2 is 1.81 bits per heavy atom. The number of hydrogen-bond donors (Lipinski definition) is 0. The maximum absolute atomic E-state index is 12.4. The first kappa shape index (κ1) is 18.7. The van der Waals surface area contributed by atoms with Crippen LogP contribution in [0.4, 0.5) is 0 Å². The van der Waals surface area contributed by atoms with Crippen LogP contribution in [-0.2, 0) is 11.2 Å². The fraction of sp³-hybridized carbons (Fsp3) is 0.273. The first-order valence-electron chi connectivity index (χ1n) is 9.04. The van der Waals surface area contributed by atoms with Gasteiger partial charge in [0.05, 0.1) is 10.9 Å². The van der Waals surface area contributed by atoms with Crippen LogP contribution in [0.25, 0.3) is 11.0 Å². The summed E-state index contributed by atoms with van der Waals surface area (Å²) in [6.07, 6.45) is 2.20. The molecular formula is C22H22O5. The minimum atomic E-state index is -0.563. The zero-order valence-corrected chi connectivity index (χ0v) is 15.5. The minimum absolute atomic E-state index is 0.243. The van der Waals surface area contributed by atoms with Crippen molar-refractivity contribution in [2.24, 2.45) is 0 Å². The number of rotatable bonds is 7. The molecule has 0 atom stereocenters. The molecule has 0 N–H and O–H groups in total. The van der Waals surface area contributed by atoms with Gasteiger partial charge in [-0.15, -0.1) is 0 Å². The zero-order valence-electron chi connectivity index (χ0n) is 15.5. The molecule has 1 aromatic heterocycles. The van der Waals surface area contributed by atoms with Crippen molar-refractivity contribution in [1.29, 1.82) is 0 Å². The highest BCUT2D eigenvalue weighted by atomic mass is 16.6. The van der Waals surface area contributed by atoms with E-state index in [9.17, 15) is 9.59 Å². The Morgan fingerprint density at radius 3 is 2.59 bits per heavy atom. The molecule has 0 fully saturated rings. The molecule has 0 aliphatic heterocycles. The molecule has 0 saturated carbocycles. The number of carbonyl (C=O) groups excluding carboxylic acids is 1. The van der Waals surface area contributed by atoms with Crippen molar-refractivity contribution in [3.8, 4) is 11.5 Å². The lowest BCUT2D eigenvalue weighted by Crippen LogP contribution is -2.21. The largest absolute Gasteiger partial charge is 0.482 e. The number of aryl methyl sites for hydroxylation is 1. The van der Waals surface area contributed by atoms with Gasteiger partial charge in [0.25, 0.3) is 0 Å². The average molecular weight is 366 g/mol. The molecule has 0 bridgehead atoms. The van der Waals surface area contributed by atoms with Crippen LogP contribution in [0.15, 0.2) is 57.7 Å². The highest BCUT2D eigenvalue weighted by Gasteiger charge is 2.19. The highest BCUT2D eigenvalue weighted by molar-refractivity contribution is 5.87. The molecule has 0 amide bonds. The van der Waals surface area contributed by atoms with Gasteiger partial charge >= 0.3 is 11.6 Å². The number of benzene rings is 2. The van der Waals surface area contributed by atoms with Crippen LogP contribution in [0.3, 0.4) is 0 Å². The van der Waals surface area contributed by atoms with Crippen LogP contribution in [0.1, 0.15) is 30.9 Å². The summed E-state index contributed by atoms with van der Waals surface area (Å²) >= 11 is 0. The molecule has 0 radical (unpaired) electrons. The first-order chi connectivity index (χ1) is 13.1. The van der Waals surface area contributed by atoms with Crippen LogP contribution in [-0.4, -0.2) is 12.6 Å². The Labute approximate surface area is 157 Å². The van der Waals surface area contributed by atoms with Gasteiger partial charge in [0.15, 0.2) is 12.4 Å². The molecule has 0 spiro atoms. The van der Waals surface area contributed by atoms with Crippen molar-refractivity contribution in [2.45, 2.75) is 33.1 Å². The van der Waals surface area contributed by atoms with Gasteiger partial charge < -0.3 is 13.9 Å². The van der Waals surface area contributed by atoms with Gasteiger partial charge in [0.2, 0.25) is 0 Å². The second-order valence-electron chi connectivity index (χ2n) is 6.33. The Hall–Kier alpha value is -3.08. The Morgan fingerprint density at radius 1 is 1.07 bits per heavy atom. The summed E-state index contributed by atoms with van der Waals surface area (Å²) in [5, 5.41) is 0.604. The summed E-state index contributed by atoms with van der Waals surface area (Å²) in [4.78, 5) is 24.8. The van der Waals surface area contributed by atoms with Crippen molar-refractivity contribution in [3.05, 3.63) is 70.1 Å². The summed E-state index contributed by atoms with van der Waals surface area (Å²) in [5.74, 6) is 0.332. The predicted octanol–water partition coefficient (Wildman–Crippen LogP) is 4.43. The smallest absolute Gasteiger partial charge is 0.349 e. The minimum Gasteiger partial charge on any atom is -0.482 e. The third kappa shape index (κ3) is 4.37. The van der Waals surface area contributed by atoms with Gasteiger partial charge in [-0.25, -0.2) is 9.59 Å². The summed E-state index contributed by atoms with van der Waals surface area (Å²) in [6.45, 7) is 3.69. The molecule has 5 heteroatoms. The SMILES string of the molecule is CCCCc1c(OC(=O)COc2ccccc2C)c2ccccc2oc1=O.